The van der Waals surface area contributed by atoms with E-state index in [0.717, 1.165) is 0 Å². The van der Waals surface area contributed by atoms with Gasteiger partial charge in [-0.1, -0.05) is 12.7 Å². The van der Waals surface area contributed by atoms with Crippen molar-refractivity contribution in [2.45, 2.75) is 31.7 Å². The summed E-state index contributed by atoms with van der Waals surface area (Å²) < 4.78 is 0. The maximum Gasteiger partial charge on any atom is 0.124 e. The molecular formula is C9H16ClN. The van der Waals surface area contributed by atoms with Crippen LogP contribution in [0.25, 0.3) is 0 Å². The molecule has 0 unspecified atom stereocenters. The lowest BCUT2D eigenvalue weighted by Gasteiger charge is -2.13. The largest absolute Gasteiger partial charge is 1.00 e. The van der Waals surface area contributed by atoms with Crippen LogP contribution in [0.5, 0.6) is 0 Å². The number of hydrogen-bond donors (Lipinski definition) is 1. The van der Waals surface area contributed by atoms with Crippen LogP contribution in [0.1, 0.15) is 25.7 Å². The fourth-order valence-electron chi connectivity index (χ4n) is 1.35. The fourth-order valence-corrected chi connectivity index (χ4v) is 1.35. The van der Waals surface area contributed by atoms with Crippen molar-refractivity contribution in [3.63, 3.8) is 0 Å². The van der Waals surface area contributed by atoms with Crippen LogP contribution in [-0.4, -0.2) is 6.04 Å². The molecule has 0 fully saturated rings. The third kappa shape index (κ3) is 3.08. The smallest absolute Gasteiger partial charge is 0.124 e. The molecule has 0 radical (unpaired) electrons. The third-order valence-electron chi connectivity index (χ3n) is 2.09. The molecule has 0 saturated heterocycles. The molecule has 0 saturated carbocycles. The molecule has 2 heteroatoms. The van der Waals surface area contributed by atoms with Crippen molar-refractivity contribution >= 4 is 0 Å². The molecule has 0 bridgehead atoms. The molecule has 1 rings (SSSR count). The van der Waals surface area contributed by atoms with Gasteiger partial charge < -0.3 is 18.1 Å². The van der Waals surface area contributed by atoms with E-state index in [1.165, 1.54) is 31.3 Å². The Labute approximate surface area is 74.8 Å². The maximum absolute atomic E-state index is 3.99. The molecule has 0 aliphatic heterocycles. The lowest BCUT2D eigenvalue weighted by molar-refractivity contribution is -0.391. The molecule has 0 aromatic rings. The third-order valence-corrected chi connectivity index (χ3v) is 2.09. The van der Waals surface area contributed by atoms with Crippen LogP contribution in [0.3, 0.4) is 0 Å². The van der Waals surface area contributed by atoms with Gasteiger partial charge in [0, 0.05) is 0 Å². The minimum absolute atomic E-state index is 0. The van der Waals surface area contributed by atoms with Crippen molar-refractivity contribution in [1.29, 1.82) is 0 Å². The van der Waals surface area contributed by atoms with E-state index in [9.17, 15) is 0 Å². The maximum atomic E-state index is 3.99. The van der Waals surface area contributed by atoms with Crippen LogP contribution in [0.4, 0.5) is 0 Å². The van der Waals surface area contributed by atoms with Crippen LogP contribution in [0.2, 0.25) is 0 Å². The lowest BCUT2D eigenvalue weighted by Crippen LogP contribution is -3.00. The van der Waals surface area contributed by atoms with E-state index in [4.69, 9.17) is 0 Å². The van der Waals surface area contributed by atoms with Gasteiger partial charge in [-0.05, 0) is 37.3 Å². The van der Waals surface area contributed by atoms with Crippen molar-refractivity contribution in [3.8, 4) is 0 Å². The van der Waals surface area contributed by atoms with Gasteiger partial charge in [0.2, 0.25) is 0 Å². The lowest BCUT2D eigenvalue weighted by atomic mass is 9.94. The second-order valence-corrected chi connectivity index (χ2v) is 2.87. The topological polar surface area (TPSA) is 27.6 Å². The van der Waals surface area contributed by atoms with Crippen LogP contribution in [0.15, 0.2) is 24.3 Å². The highest BCUT2D eigenvalue weighted by atomic mass is 35.5. The van der Waals surface area contributed by atoms with Gasteiger partial charge in [-0.3, -0.25) is 0 Å². The molecule has 1 aliphatic carbocycles. The van der Waals surface area contributed by atoms with Gasteiger partial charge in [-0.25, -0.2) is 0 Å². The second kappa shape index (κ2) is 5.39. The first kappa shape index (κ1) is 10.7. The zero-order valence-corrected chi connectivity index (χ0v) is 7.61. The van der Waals surface area contributed by atoms with E-state index >= 15 is 0 Å². The summed E-state index contributed by atoms with van der Waals surface area (Å²) in [6.45, 7) is 3.73. The Bertz CT molecular complexity index is 152. The fraction of sp³-hybridized carbons (Fsp3) is 0.556. The highest BCUT2D eigenvalue weighted by molar-refractivity contribution is 5.14. The standard InChI is InChI=1S/C9H15N.ClH/c1-2-9(10)8-6-4-3-5-7-8;/h2,6,9H,1,3-5,7,10H2;1H/t9-;/m0./s1. The monoisotopic (exact) mass is 173 g/mol. The molecule has 0 amide bonds. The summed E-state index contributed by atoms with van der Waals surface area (Å²) in [5.74, 6) is 0. The first-order valence-corrected chi connectivity index (χ1v) is 3.99. The Morgan fingerprint density at radius 2 is 2.27 bits per heavy atom. The molecular weight excluding hydrogens is 158 g/mol. The Morgan fingerprint density at radius 1 is 1.55 bits per heavy atom. The predicted octanol–water partition coefficient (Wildman–Crippen LogP) is -1.71. The minimum Gasteiger partial charge on any atom is -1.00 e. The van der Waals surface area contributed by atoms with Crippen molar-refractivity contribution in [2.75, 3.05) is 0 Å². The molecule has 1 aliphatic rings. The van der Waals surface area contributed by atoms with E-state index in [2.05, 4.69) is 18.4 Å². The van der Waals surface area contributed by atoms with E-state index < -0.39 is 0 Å². The highest BCUT2D eigenvalue weighted by Gasteiger charge is 2.10. The van der Waals surface area contributed by atoms with Gasteiger partial charge >= 0.3 is 0 Å². The molecule has 1 nitrogen and oxygen atoms in total. The summed E-state index contributed by atoms with van der Waals surface area (Å²) in [5, 5.41) is 0. The van der Waals surface area contributed by atoms with E-state index in [0.29, 0.717) is 6.04 Å². The number of quaternary nitrogens is 1. The van der Waals surface area contributed by atoms with E-state index in [1.54, 1.807) is 0 Å². The van der Waals surface area contributed by atoms with Crippen LogP contribution < -0.4 is 18.1 Å². The quantitative estimate of drug-likeness (QED) is 0.482. The summed E-state index contributed by atoms with van der Waals surface area (Å²) in [5.41, 5.74) is 5.48. The highest BCUT2D eigenvalue weighted by Crippen LogP contribution is 2.18. The van der Waals surface area contributed by atoms with Gasteiger partial charge in [0.15, 0.2) is 0 Å². The second-order valence-electron chi connectivity index (χ2n) is 2.87. The Morgan fingerprint density at radius 3 is 2.73 bits per heavy atom. The average molecular weight is 174 g/mol. The van der Waals surface area contributed by atoms with Crippen LogP contribution in [0, 0.1) is 0 Å². The number of rotatable bonds is 2. The van der Waals surface area contributed by atoms with Crippen LogP contribution >= 0.6 is 0 Å². The minimum atomic E-state index is 0. The van der Waals surface area contributed by atoms with Crippen molar-refractivity contribution < 1.29 is 18.1 Å². The van der Waals surface area contributed by atoms with Crippen molar-refractivity contribution in [1.82, 2.24) is 0 Å². The van der Waals surface area contributed by atoms with Gasteiger partial charge in [-0.15, -0.1) is 0 Å². The predicted molar refractivity (Wildman–Crippen MR) is 43.4 cm³/mol. The van der Waals surface area contributed by atoms with Gasteiger partial charge in [0.25, 0.3) is 0 Å². The normalized spacial score (nSPS) is 19.5. The number of halogens is 1. The van der Waals surface area contributed by atoms with E-state index in [1.807, 2.05) is 6.08 Å². The summed E-state index contributed by atoms with van der Waals surface area (Å²) in [4.78, 5) is 0. The first-order chi connectivity index (χ1) is 4.84. The Kier molecular flexibility index (Phi) is 5.26. The van der Waals surface area contributed by atoms with E-state index in [-0.39, 0.29) is 12.4 Å². The molecule has 0 heterocycles. The van der Waals surface area contributed by atoms with Gasteiger partial charge in [0.1, 0.15) is 6.04 Å². The zero-order valence-electron chi connectivity index (χ0n) is 6.85. The Hall–Kier alpha value is -0.270. The molecule has 11 heavy (non-hydrogen) atoms. The van der Waals surface area contributed by atoms with Gasteiger partial charge in [-0.2, -0.15) is 0 Å². The summed E-state index contributed by atoms with van der Waals surface area (Å²) in [7, 11) is 0. The average Bonchev–Trinajstić information content (AvgIpc) is 2.05. The Balaban J connectivity index is 0.000001000. The van der Waals surface area contributed by atoms with Crippen molar-refractivity contribution in [2.24, 2.45) is 0 Å². The van der Waals surface area contributed by atoms with Gasteiger partial charge in [0.05, 0.1) is 0 Å². The molecule has 3 N–H and O–H groups in total. The summed E-state index contributed by atoms with van der Waals surface area (Å²) in [6.07, 6.45) is 9.43. The van der Waals surface area contributed by atoms with Crippen molar-refractivity contribution in [3.05, 3.63) is 24.3 Å². The first-order valence-electron chi connectivity index (χ1n) is 3.99. The molecule has 0 aromatic carbocycles. The molecule has 1 atom stereocenters. The summed E-state index contributed by atoms with van der Waals surface area (Å²) in [6, 6.07) is 0.361. The number of allylic oxidation sites excluding steroid dienone is 1. The zero-order chi connectivity index (χ0) is 7.40. The molecule has 64 valence electrons. The number of hydrogen-bond acceptors (Lipinski definition) is 0. The summed E-state index contributed by atoms with van der Waals surface area (Å²) >= 11 is 0. The molecule has 0 spiro atoms. The van der Waals surface area contributed by atoms with Crippen LogP contribution in [-0.2, 0) is 0 Å². The SMILES string of the molecule is C=C[C@H]([NH3+])C1=CCCCC1.[Cl-]. The molecule has 0 aromatic heterocycles.